The summed E-state index contributed by atoms with van der Waals surface area (Å²) in [6.07, 6.45) is 16.6. The zero-order valence-electron chi connectivity index (χ0n) is 19.2. The minimum atomic E-state index is -0.476. The fourth-order valence-corrected chi connectivity index (χ4v) is 5.51. The van der Waals surface area contributed by atoms with Crippen LogP contribution in [0.3, 0.4) is 0 Å². The van der Waals surface area contributed by atoms with Gasteiger partial charge in [0.2, 0.25) is 0 Å². The molecule has 0 saturated heterocycles. The van der Waals surface area contributed by atoms with E-state index < -0.39 is 5.43 Å². The fraction of sp³-hybridized carbons (Fsp3) is 0.500. The Hall–Kier alpha value is -3.09. The SMILES string of the molecule is C=C1NCCCCCCCc2cnc3c(ccn3C3(CCCC3)Cn3cc(O)c(=O)c1n3)c2. The lowest BCUT2D eigenvalue weighted by molar-refractivity contribution is 0.240. The maximum Gasteiger partial charge on any atom is 0.251 e. The summed E-state index contributed by atoms with van der Waals surface area (Å²) in [5.41, 5.74) is 2.29. The van der Waals surface area contributed by atoms with Gasteiger partial charge in [-0.1, -0.05) is 38.7 Å². The van der Waals surface area contributed by atoms with Crippen molar-refractivity contribution in [3.63, 3.8) is 0 Å². The third-order valence-electron chi connectivity index (χ3n) is 7.30. The van der Waals surface area contributed by atoms with Crippen molar-refractivity contribution >= 4 is 16.7 Å². The highest BCUT2D eigenvalue weighted by atomic mass is 16.3. The van der Waals surface area contributed by atoms with Crippen molar-refractivity contribution in [1.82, 2.24) is 24.6 Å². The molecule has 2 N–H and O–H groups in total. The summed E-state index contributed by atoms with van der Waals surface area (Å²) in [5.74, 6) is -0.290. The van der Waals surface area contributed by atoms with E-state index in [4.69, 9.17) is 4.98 Å². The normalized spacial score (nSPS) is 19.5. The number of nitrogens with one attached hydrogen (secondary N) is 1. The minimum Gasteiger partial charge on any atom is -0.503 e. The van der Waals surface area contributed by atoms with Gasteiger partial charge in [-0.15, -0.1) is 0 Å². The van der Waals surface area contributed by atoms with Crippen molar-refractivity contribution in [3.05, 3.63) is 58.8 Å². The molecule has 0 unspecified atom stereocenters. The number of nitrogens with zero attached hydrogens (tertiary/aromatic N) is 4. The van der Waals surface area contributed by atoms with Crippen LogP contribution >= 0.6 is 0 Å². The van der Waals surface area contributed by atoms with Gasteiger partial charge < -0.3 is 15.0 Å². The van der Waals surface area contributed by atoms with E-state index in [-0.39, 0.29) is 17.0 Å². The van der Waals surface area contributed by atoms with Crippen molar-refractivity contribution < 1.29 is 5.11 Å². The molecule has 1 spiro atoms. The lowest BCUT2D eigenvalue weighted by atomic mass is 9.97. The Morgan fingerprint density at radius 1 is 1.09 bits per heavy atom. The molecule has 7 heteroatoms. The van der Waals surface area contributed by atoms with Crippen LogP contribution in [0.5, 0.6) is 5.75 Å². The van der Waals surface area contributed by atoms with E-state index in [9.17, 15) is 9.90 Å². The van der Waals surface area contributed by atoms with Crippen LogP contribution in [0.4, 0.5) is 0 Å². The highest BCUT2D eigenvalue weighted by Gasteiger charge is 2.37. The van der Waals surface area contributed by atoms with Crippen LogP contribution < -0.4 is 10.7 Å². The van der Waals surface area contributed by atoms with Gasteiger partial charge in [0.05, 0.1) is 24.0 Å². The number of rotatable bonds is 0. The van der Waals surface area contributed by atoms with Gasteiger partial charge in [-0.3, -0.25) is 9.48 Å². The van der Waals surface area contributed by atoms with E-state index in [2.05, 4.69) is 39.9 Å². The largest absolute Gasteiger partial charge is 0.503 e. The number of aromatic nitrogens is 4. The zero-order chi connectivity index (χ0) is 22.8. The summed E-state index contributed by atoms with van der Waals surface area (Å²) in [5, 5.41) is 19.4. The number of pyridine rings is 1. The summed E-state index contributed by atoms with van der Waals surface area (Å²) >= 11 is 0. The van der Waals surface area contributed by atoms with Gasteiger partial charge in [-0.2, -0.15) is 5.10 Å². The van der Waals surface area contributed by atoms with Crippen LogP contribution in [-0.2, 0) is 18.5 Å². The molecule has 6 rings (SSSR count). The smallest absolute Gasteiger partial charge is 0.251 e. The lowest BCUT2D eigenvalue weighted by Crippen LogP contribution is -2.36. The van der Waals surface area contributed by atoms with Gasteiger partial charge in [0.15, 0.2) is 11.4 Å². The number of aromatic hydroxyl groups is 1. The van der Waals surface area contributed by atoms with E-state index in [0.29, 0.717) is 12.2 Å². The number of hydrogen-bond acceptors (Lipinski definition) is 5. The Balaban J connectivity index is 1.58. The zero-order valence-corrected chi connectivity index (χ0v) is 19.2. The molecule has 3 aliphatic rings. The van der Waals surface area contributed by atoms with E-state index in [1.54, 1.807) is 4.68 Å². The fourth-order valence-electron chi connectivity index (χ4n) is 5.51. The molecule has 1 aliphatic carbocycles. The summed E-state index contributed by atoms with van der Waals surface area (Å²) in [4.78, 5) is 17.5. The Morgan fingerprint density at radius 3 is 2.73 bits per heavy atom. The third-order valence-corrected chi connectivity index (χ3v) is 7.30. The Kier molecular flexibility index (Phi) is 5.96. The molecule has 1 saturated carbocycles. The van der Waals surface area contributed by atoms with Crippen LogP contribution in [-0.4, -0.2) is 31.0 Å². The second-order valence-corrected chi connectivity index (χ2v) is 9.69. The van der Waals surface area contributed by atoms with E-state index in [1.165, 1.54) is 36.4 Å². The van der Waals surface area contributed by atoms with E-state index in [1.807, 2.05) is 6.20 Å². The molecule has 2 aliphatic heterocycles. The summed E-state index contributed by atoms with van der Waals surface area (Å²) in [7, 11) is 0. The number of fused-ring (bicyclic) bond motifs is 9. The Labute approximate surface area is 194 Å². The highest BCUT2D eigenvalue weighted by molar-refractivity contribution is 5.77. The summed E-state index contributed by atoms with van der Waals surface area (Å²) < 4.78 is 4.02. The topological polar surface area (TPSA) is 85.0 Å². The average Bonchev–Trinajstić information content (AvgIpc) is 3.44. The molecule has 174 valence electrons. The van der Waals surface area contributed by atoms with Crippen LogP contribution in [0.2, 0.25) is 0 Å². The third kappa shape index (κ3) is 4.28. The molecule has 33 heavy (non-hydrogen) atoms. The standard InChI is InChI=1S/C26H33N5O2/c1-19-23-24(33)22(32)17-30(29-23)18-26(11-6-7-12-26)31-14-10-21-15-20(16-28-25(21)31)9-5-3-2-4-8-13-27-19/h10,14-17,27,32H,1-9,11-13,18H2. The molecule has 6 bridgehead atoms. The van der Waals surface area contributed by atoms with Gasteiger partial charge in [-0.25, -0.2) is 4.98 Å². The molecular formula is C26H33N5O2. The molecular weight excluding hydrogens is 414 g/mol. The van der Waals surface area contributed by atoms with Gasteiger partial charge >= 0.3 is 0 Å². The quantitative estimate of drug-likeness (QED) is 0.536. The first-order valence-electron chi connectivity index (χ1n) is 12.3. The molecule has 0 aromatic carbocycles. The van der Waals surface area contributed by atoms with Gasteiger partial charge in [0.1, 0.15) is 5.65 Å². The van der Waals surface area contributed by atoms with Gasteiger partial charge in [0.25, 0.3) is 5.43 Å². The predicted molar refractivity (Wildman–Crippen MR) is 130 cm³/mol. The number of aryl methyl sites for hydroxylation is 1. The van der Waals surface area contributed by atoms with Crippen molar-refractivity contribution in [2.24, 2.45) is 0 Å². The maximum absolute atomic E-state index is 12.6. The summed E-state index contributed by atoms with van der Waals surface area (Å²) in [6.45, 7) is 5.34. The molecule has 3 aromatic rings. The van der Waals surface area contributed by atoms with Gasteiger partial charge in [0, 0.05) is 24.3 Å². The maximum atomic E-state index is 12.6. The monoisotopic (exact) mass is 447 g/mol. The second-order valence-electron chi connectivity index (χ2n) is 9.69. The average molecular weight is 448 g/mol. The van der Waals surface area contributed by atoms with Gasteiger partial charge in [-0.05, 0) is 49.8 Å². The molecule has 7 nitrogen and oxygen atoms in total. The minimum absolute atomic E-state index is 0.195. The Morgan fingerprint density at radius 2 is 1.88 bits per heavy atom. The van der Waals surface area contributed by atoms with Crippen molar-refractivity contribution in [3.8, 4) is 5.75 Å². The second kappa shape index (κ2) is 9.04. The first-order chi connectivity index (χ1) is 16.1. The molecule has 0 atom stereocenters. The van der Waals surface area contributed by atoms with Crippen molar-refractivity contribution in [2.75, 3.05) is 6.54 Å². The molecule has 3 aromatic heterocycles. The molecule has 5 heterocycles. The van der Waals surface area contributed by atoms with Crippen LogP contribution in [0.25, 0.3) is 16.7 Å². The van der Waals surface area contributed by atoms with Crippen molar-refractivity contribution in [2.45, 2.75) is 76.3 Å². The predicted octanol–water partition coefficient (Wildman–Crippen LogP) is 4.34. The lowest BCUT2D eigenvalue weighted by Gasteiger charge is -2.32. The first kappa shape index (κ1) is 21.7. The number of hydrogen-bond donors (Lipinski definition) is 2. The summed E-state index contributed by atoms with van der Waals surface area (Å²) in [6, 6.07) is 4.45. The van der Waals surface area contributed by atoms with Crippen LogP contribution in [0.15, 0.2) is 42.1 Å². The van der Waals surface area contributed by atoms with E-state index >= 15 is 0 Å². The highest BCUT2D eigenvalue weighted by Crippen LogP contribution is 2.40. The molecule has 1 fully saturated rings. The first-order valence-corrected chi connectivity index (χ1v) is 12.3. The Bertz CT molecular complexity index is 1220. The van der Waals surface area contributed by atoms with E-state index in [0.717, 1.165) is 57.1 Å². The van der Waals surface area contributed by atoms with Crippen molar-refractivity contribution in [1.29, 1.82) is 0 Å². The molecule has 0 amide bonds. The van der Waals surface area contributed by atoms with Crippen LogP contribution in [0, 0.1) is 0 Å². The van der Waals surface area contributed by atoms with Crippen LogP contribution in [0.1, 0.15) is 69.0 Å². The molecule has 0 radical (unpaired) electrons.